The summed E-state index contributed by atoms with van der Waals surface area (Å²) >= 11 is 0. The van der Waals surface area contributed by atoms with Crippen LogP contribution in [0.4, 0.5) is 5.82 Å². The molecule has 1 unspecified atom stereocenters. The Morgan fingerprint density at radius 1 is 1.56 bits per heavy atom. The van der Waals surface area contributed by atoms with Crippen LogP contribution < -0.4 is 15.8 Å². The number of nitrogens with zero attached hydrogens (tertiary/aromatic N) is 3. The van der Waals surface area contributed by atoms with Gasteiger partial charge in [0.05, 0.1) is 0 Å². The van der Waals surface area contributed by atoms with Crippen LogP contribution >= 0.6 is 0 Å². The highest BCUT2D eigenvalue weighted by atomic mass is 16.1. The van der Waals surface area contributed by atoms with Gasteiger partial charge in [-0.2, -0.15) is 0 Å². The molecule has 1 atom stereocenters. The predicted octanol–water partition coefficient (Wildman–Crippen LogP) is 0.749. The number of aromatic nitrogens is 2. The molecule has 1 N–H and O–H groups in total. The largest absolute Gasteiger partial charge is 0.348 e. The maximum Gasteiger partial charge on any atom is 0.293 e. The van der Waals surface area contributed by atoms with E-state index < -0.39 is 0 Å². The van der Waals surface area contributed by atoms with Gasteiger partial charge in [-0.05, 0) is 25.8 Å². The first-order valence-corrected chi connectivity index (χ1v) is 6.73. The van der Waals surface area contributed by atoms with Gasteiger partial charge < -0.3 is 14.8 Å². The number of hydrogen-bond acceptors (Lipinski definition) is 4. The van der Waals surface area contributed by atoms with Crippen LogP contribution in [-0.2, 0) is 7.05 Å². The fourth-order valence-corrected chi connectivity index (χ4v) is 2.45. The standard InChI is InChI=1S/C13H22N4O/c1-3-6-14-10-11-5-4-8-17(11)12-13(18)16(2)9-7-15-12/h7,9,11,14H,3-6,8,10H2,1-2H3. The van der Waals surface area contributed by atoms with Crippen molar-refractivity contribution in [2.45, 2.75) is 32.2 Å². The van der Waals surface area contributed by atoms with Crippen molar-refractivity contribution in [1.29, 1.82) is 0 Å². The van der Waals surface area contributed by atoms with Gasteiger partial charge in [-0.1, -0.05) is 6.92 Å². The highest BCUT2D eigenvalue weighted by molar-refractivity contribution is 5.38. The first kappa shape index (κ1) is 13.1. The van der Waals surface area contributed by atoms with Crippen LogP contribution in [0.1, 0.15) is 26.2 Å². The maximum absolute atomic E-state index is 12.1. The fraction of sp³-hybridized carbons (Fsp3) is 0.692. The van der Waals surface area contributed by atoms with Crippen molar-refractivity contribution in [3.05, 3.63) is 22.7 Å². The lowest BCUT2D eigenvalue weighted by Gasteiger charge is -2.25. The minimum absolute atomic E-state index is 0.000100. The number of aryl methyl sites for hydroxylation is 1. The van der Waals surface area contributed by atoms with Crippen molar-refractivity contribution in [2.24, 2.45) is 7.05 Å². The molecule has 0 saturated carbocycles. The van der Waals surface area contributed by atoms with E-state index in [0.717, 1.165) is 38.9 Å². The van der Waals surface area contributed by atoms with E-state index in [1.165, 1.54) is 0 Å². The van der Waals surface area contributed by atoms with Gasteiger partial charge in [-0.25, -0.2) is 4.98 Å². The molecule has 5 nitrogen and oxygen atoms in total. The second-order valence-corrected chi connectivity index (χ2v) is 4.86. The van der Waals surface area contributed by atoms with Crippen LogP contribution in [0, 0.1) is 0 Å². The molecule has 1 aliphatic heterocycles. The number of rotatable bonds is 5. The summed E-state index contributed by atoms with van der Waals surface area (Å²) in [7, 11) is 1.77. The molecular formula is C13H22N4O. The Morgan fingerprint density at radius 3 is 3.17 bits per heavy atom. The molecule has 2 heterocycles. The Kier molecular flexibility index (Phi) is 4.36. The van der Waals surface area contributed by atoms with Crippen molar-refractivity contribution < 1.29 is 0 Å². The molecule has 100 valence electrons. The lowest BCUT2D eigenvalue weighted by molar-refractivity contribution is 0.566. The summed E-state index contributed by atoms with van der Waals surface area (Å²) in [5.74, 6) is 0.598. The molecule has 1 aromatic heterocycles. The zero-order valence-electron chi connectivity index (χ0n) is 11.2. The van der Waals surface area contributed by atoms with Crippen LogP contribution in [0.25, 0.3) is 0 Å². The molecule has 2 rings (SSSR count). The van der Waals surface area contributed by atoms with E-state index in [1.54, 1.807) is 24.0 Å². The van der Waals surface area contributed by atoms with Gasteiger partial charge in [-0.15, -0.1) is 0 Å². The molecule has 0 aliphatic carbocycles. The molecule has 18 heavy (non-hydrogen) atoms. The monoisotopic (exact) mass is 250 g/mol. The van der Waals surface area contributed by atoms with E-state index in [1.807, 2.05) is 0 Å². The zero-order chi connectivity index (χ0) is 13.0. The Morgan fingerprint density at radius 2 is 2.39 bits per heavy atom. The molecule has 5 heteroatoms. The van der Waals surface area contributed by atoms with Gasteiger partial charge in [0.15, 0.2) is 5.82 Å². The van der Waals surface area contributed by atoms with Crippen LogP contribution in [0.3, 0.4) is 0 Å². The van der Waals surface area contributed by atoms with Crippen LogP contribution in [0.2, 0.25) is 0 Å². The van der Waals surface area contributed by atoms with Gasteiger partial charge in [0.2, 0.25) is 0 Å². The summed E-state index contributed by atoms with van der Waals surface area (Å²) in [6, 6.07) is 0.402. The van der Waals surface area contributed by atoms with Crippen molar-refractivity contribution in [3.8, 4) is 0 Å². The smallest absolute Gasteiger partial charge is 0.293 e. The average Bonchev–Trinajstić information content (AvgIpc) is 2.81. The van der Waals surface area contributed by atoms with E-state index in [4.69, 9.17) is 0 Å². The Bertz CT molecular complexity index is 443. The van der Waals surface area contributed by atoms with E-state index in [2.05, 4.69) is 22.1 Å². The molecule has 1 fully saturated rings. The van der Waals surface area contributed by atoms with Crippen molar-refractivity contribution in [3.63, 3.8) is 0 Å². The molecule has 0 bridgehead atoms. The second kappa shape index (κ2) is 6.00. The first-order chi connectivity index (χ1) is 8.74. The predicted molar refractivity (Wildman–Crippen MR) is 73.0 cm³/mol. The van der Waals surface area contributed by atoms with E-state index in [9.17, 15) is 4.79 Å². The molecule has 0 aromatic carbocycles. The summed E-state index contributed by atoms with van der Waals surface area (Å²) in [6.45, 7) is 5.07. The third-order valence-corrected chi connectivity index (χ3v) is 3.45. The molecule has 0 radical (unpaired) electrons. The molecule has 0 spiro atoms. The Hall–Kier alpha value is -1.36. The zero-order valence-corrected chi connectivity index (χ0v) is 11.2. The minimum Gasteiger partial charge on any atom is -0.348 e. The number of anilines is 1. The SMILES string of the molecule is CCCNCC1CCCN1c1nccn(C)c1=O. The summed E-state index contributed by atoms with van der Waals surface area (Å²) in [6.07, 6.45) is 6.81. The third-order valence-electron chi connectivity index (χ3n) is 3.45. The van der Waals surface area contributed by atoms with E-state index >= 15 is 0 Å². The quantitative estimate of drug-likeness (QED) is 0.784. The van der Waals surface area contributed by atoms with Crippen molar-refractivity contribution in [1.82, 2.24) is 14.9 Å². The maximum atomic E-state index is 12.1. The summed E-state index contributed by atoms with van der Waals surface area (Å²) in [5, 5.41) is 3.43. The molecule has 0 amide bonds. The highest BCUT2D eigenvalue weighted by Gasteiger charge is 2.27. The van der Waals surface area contributed by atoms with Gasteiger partial charge >= 0.3 is 0 Å². The lowest BCUT2D eigenvalue weighted by Crippen LogP contribution is -2.41. The topological polar surface area (TPSA) is 50.2 Å². The minimum atomic E-state index is -0.000100. The normalized spacial score (nSPS) is 19.4. The summed E-state index contributed by atoms with van der Waals surface area (Å²) in [4.78, 5) is 18.5. The Balaban J connectivity index is 2.11. The second-order valence-electron chi connectivity index (χ2n) is 4.86. The number of nitrogens with one attached hydrogen (secondary N) is 1. The van der Waals surface area contributed by atoms with Crippen LogP contribution in [0.5, 0.6) is 0 Å². The highest BCUT2D eigenvalue weighted by Crippen LogP contribution is 2.20. The van der Waals surface area contributed by atoms with E-state index in [-0.39, 0.29) is 5.56 Å². The summed E-state index contributed by atoms with van der Waals surface area (Å²) in [5.41, 5.74) is -0.000100. The van der Waals surface area contributed by atoms with Gasteiger partial charge in [0.1, 0.15) is 0 Å². The number of hydrogen-bond donors (Lipinski definition) is 1. The Labute approximate surface area is 108 Å². The summed E-state index contributed by atoms with van der Waals surface area (Å²) < 4.78 is 1.59. The van der Waals surface area contributed by atoms with Crippen LogP contribution in [0.15, 0.2) is 17.2 Å². The van der Waals surface area contributed by atoms with Crippen molar-refractivity contribution in [2.75, 3.05) is 24.5 Å². The first-order valence-electron chi connectivity index (χ1n) is 6.73. The van der Waals surface area contributed by atoms with Gasteiger partial charge in [0.25, 0.3) is 5.56 Å². The molecule has 1 aromatic rings. The van der Waals surface area contributed by atoms with Crippen molar-refractivity contribution >= 4 is 5.82 Å². The third kappa shape index (κ3) is 2.72. The van der Waals surface area contributed by atoms with Gasteiger partial charge in [0, 0.05) is 38.6 Å². The lowest BCUT2D eigenvalue weighted by atomic mass is 10.2. The molecular weight excluding hydrogens is 228 g/mol. The molecule has 1 saturated heterocycles. The average molecular weight is 250 g/mol. The van der Waals surface area contributed by atoms with Gasteiger partial charge in [-0.3, -0.25) is 4.79 Å². The van der Waals surface area contributed by atoms with Crippen LogP contribution in [-0.4, -0.2) is 35.2 Å². The van der Waals surface area contributed by atoms with E-state index in [0.29, 0.717) is 11.9 Å². The molecule has 1 aliphatic rings. The fourth-order valence-electron chi connectivity index (χ4n) is 2.45.